The van der Waals surface area contributed by atoms with Crippen LogP contribution in [0.5, 0.6) is 0 Å². The monoisotopic (exact) mass is 317 g/mol. The molecule has 0 unspecified atom stereocenters. The minimum atomic E-state index is -0.344. The Balaban J connectivity index is 1.66. The van der Waals surface area contributed by atoms with Crippen LogP contribution in [-0.2, 0) is 11.3 Å². The molecule has 1 spiro atoms. The van der Waals surface area contributed by atoms with Crippen molar-refractivity contribution >= 4 is 11.6 Å². The van der Waals surface area contributed by atoms with E-state index in [0.29, 0.717) is 0 Å². The van der Waals surface area contributed by atoms with Crippen molar-refractivity contribution in [1.29, 1.82) is 0 Å². The van der Waals surface area contributed by atoms with Gasteiger partial charge in [0.1, 0.15) is 0 Å². The third-order valence-corrected chi connectivity index (χ3v) is 5.15. The molecule has 6 heteroatoms. The van der Waals surface area contributed by atoms with Gasteiger partial charge >= 0.3 is 0 Å². The number of hydrogen-bond donors (Lipinski definition) is 0. The van der Waals surface area contributed by atoms with Crippen LogP contribution < -0.4 is 0 Å². The molecule has 0 bridgehead atoms. The van der Waals surface area contributed by atoms with Crippen LogP contribution in [0.3, 0.4) is 0 Å². The third-order valence-electron chi connectivity index (χ3n) is 5.15. The standard InChI is InChI=1S/C17H23N3O3/c1-14(21)19-9-7-17(13-19)6-3-8-18(12-17)11-15-4-2-5-16(10-15)20(22)23/h2,4-5,10H,3,6-9,11-13H2,1H3/t17-/m0/s1. The summed E-state index contributed by atoms with van der Waals surface area (Å²) in [6.45, 7) is 6.09. The quantitative estimate of drug-likeness (QED) is 0.634. The first-order valence-corrected chi connectivity index (χ1v) is 8.19. The Bertz CT molecular complexity index is 619. The highest BCUT2D eigenvalue weighted by Gasteiger charge is 2.41. The summed E-state index contributed by atoms with van der Waals surface area (Å²) in [5.74, 6) is 0.165. The SMILES string of the molecule is CC(=O)N1CC[C@]2(CCCN(Cc3cccc([N+](=O)[O-])c3)C2)C1. The molecule has 6 nitrogen and oxygen atoms in total. The fraction of sp³-hybridized carbons (Fsp3) is 0.588. The van der Waals surface area contributed by atoms with Crippen LogP contribution >= 0.6 is 0 Å². The van der Waals surface area contributed by atoms with Crippen LogP contribution in [0.25, 0.3) is 0 Å². The van der Waals surface area contributed by atoms with E-state index in [9.17, 15) is 14.9 Å². The van der Waals surface area contributed by atoms with Crippen LogP contribution in [0, 0.1) is 15.5 Å². The third kappa shape index (κ3) is 3.52. The van der Waals surface area contributed by atoms with Gasteiger partial charge in [0.15, 0.2) is 0 Å². The highest BCUT2D eigenvalue weighted by atomic mass is 16.6. The number of carbonyl (C=O) groups is 1. The smallest absolute Gasteiger partial charge is 0.269 e. The summed E-state index contributed by atoms with van der Waals surface area (Å²) in [6.07, 6.45) is 3.36. The van der Waals surface area contributed by atoms with E-state index in [1.807, 2.05) is 11.0 Å². The lowest BCUT2D eigenvalue weighted by molar-refractivity contribution is -0.384. The summed E-state index contributed by atoms with van der Waals surface area (Å²) in [5.41, 5.74) is 1.35. The molecule has 0 saturated carbocycles. The van der Waals surface area contributed by atoms with E-state index in [1.165, 1.54) is 12.5 Å². The number of carbonyl (C=O) groups excluding carboxylic acids is 1. The molecule has 1 atom stereocenters. The molecular weight excluding hydrogens is 294 g/mol. The van der Waals surface area contributed by atoms with Crippen LogP contribution in [-0.4, -0.2) is 46.8 Å². The Kier molecular flexibility index (Phi) is 4.35. The topological polar surface area (TPSA) is 66.7 Å². The van der Waals surface area contributed by atoms with Crippen LogP contribution in [0.15, 0.2) is 24.3 Å². The number of rotatable bonds is 3. The Labute approximate surface area is 136 Å². The molecule has 1 aromatic carbocycles. The van der Waals surface area contributed by atoms with Gasteiger partial charge in [0.2, 0.25) is 5.91 Å². The zero-order chi connectivity index (χ0) is 16.4. The Hall–Kier alpha value is -1.95. The number of nitrogens with zero attached hydrogens (tertiary/aromatic N) is 3. The van der Waals surface area contributed by atoms with Gasteiger partial charge in [0, 0.05) is 50.7 Å². The van der Waals surface area contributed by atoms with Crippen molar-refractivity contribution in [3.8, 4) is 0 Å². The molecule has 2 heterocycles. The molecule has 0 aromatic heterocycles. The summed E-state index contributed by atoms with van der Waals surface area (Å²) in [5, 5.41) is 10.9. The number of hydrogen-bond acceptors (Lipinski definition) is 4. The van der Waals surface area contributed by atoms with Gasteiger partial charge in [-0.15, -0.1) is 0 Å². The van der Waals surface area contributed by atoms with Crippen molar-refractivity contribution in [1.82, 2.24) is 9.80 Å². The lowest BCUT2D eigenvalue weighted by atomic mass is 9.79. The molecule has 2 aliphatic heterocycles. The normalized spacial score (nSPS) is 25.0. The van der Waals surface area contributed by atoms with Crippen molar-refractivity contribution in [3.05, 3.63) is 39.9 Å². The van der Waals surface area contributed by atoms with Crippen molar-refractivity contribution in [2.24, 2.45) is 5.41 Å². The minimum absolute atomic E-state index is 0.151. The van der Waals surface area contributed by atoms with Crippen molar-refractivity contribution in [2.45, 2.75) is 32.7 Å². The van der Waals surface area contributed by atoms with E-state index in [0.717, 1.165) is 51.1 Å². The van der Waals surface area contributed by atoms with Gasteiger partial charge in [0.05, 0.1) is 4.92 Å². The maximum absolute atomic E-state index is 11.6. The highest BCUT2D eigenvalue weighted by Crippen LogP contribution is 2.39. The maximum Gasteiger partial charge on any atom is 0.269 e. The van der Waals surface area contributed by atoms with Gasteiger partial charge in [-0.3, -0.25) is 19.8 Å². The Morgan fingerprint density at radius 3 is 2.83 bits per heavy atom. The van der Waals surface area contributed by atoms with E-state index in [1.54, 1.807) is 19.1 Å². The zero-order valence-electron chi connectivity index (χ0n) is 13.5. The number of nitro benzene ring substituents is 1. The number of non-ortho nitro benzene ring substituents is 1. The van der Waals surface area contributed by atoms with Gasteiger partial charge in [-0.1, -0.05) is 12.1 Å². The van der Waals surface area contributed by atoms with Gasteiger partial charge in [-0.2, -0.15) is 0 Å². The van der Waals surface area contributed by atoms with Crippen molar-refractivity contribution in [3.63, 3.8) is 0 Å². The molecule has 2 saturated heterocycles. The molecule has 1 aromatic rings. The lowest BCUT2D eigenvalue weighted by Crippen LogP contribution is -2.44. The average molecular weight is 317 g/mol. The van der Waals surface area contributed by atoms with Gasteiger partial charge in [-0.25, -0.2) is 0 Å². The Morgan fingerprint density at radius 2 is 2.13 bits per heavy atom. The van der Waals surface area contributed by atoms with E-state index in [-0.39, 0.29) is 21.9 Å². The predicted molar refractivity (Wildman–Crippen MR) is 86.9 cm³/mol. The summed E-state index contributed by atoms with van der Waals surface area (Å²) in [4.78, 5) is 26.5. The fourth-order valence-corrected chi connectivity index (χ4v) is 4.01. The van der Waals surface area contributed by atoms with Crippen molar-refractivity contribution in [2.75, 3.05) is 26.2 Å². The van der Waals surface area contributed by atoms with Crippen LogP contribution in [0.4, 0.5) is 5.69 Å². The molecule has 0 N–H and O–H groups in total. The molecule has 1 amide bonds. The molecule has 3 rings (SSSR count). The predicted octanol–water partition coefficient (Wildman–Crippen LogP) is 2.43. The largest absolute Gasteiger partial charge is 0.342 e. The van der Waals surface area contributed by atoms with Crippen LogP contribution in [0.1, 0.15) is 31.7 Å². The molecule has 124 valence electrons. The molecule has 0 radical (unpaired) electrons. The van der Waals surface area contributed by atoms with E-state index in [2.05, 4.69) is 4.90 Å². The second kappa shape index (κ2) is 6.28. The molecule has 2 aliphatic rings. The molecule has 0 aliphatic carbocycles. The summed E-state index contributed by atoms with van der Waals surface area (Å²) in [7, 11) is 0. The summed E-state index contributed by atoms with van der Waals surface area (Å²) >= 11 is 0. The number of likely N-dealkylation sites (tertiary alicyclic amines) is 2. The molecule has 23 heavy (non-hydrogen) atoms. The van der Waals surface area contributed by atoms with E-state index in [4.69, 9.17) is 0 Å². The summed E-state index contributed by atoms with van der Waals surface area (Å²) < 4.78 is 0. The van der Waals surface area contributed by atoms with Crippen molar-refractivity contribution < 1.29 is 9.72 Å². The first-order valence-electron chi connectivity index (χ1n) is 8.19. The first kappa shape index (κ1) is 15.9. The first-order chi connectivity index (χ1) is 11.0. The fourth-order valence-electron chi connectivity index (χ4n) is 4.01. The van der Waals surface area contributed by atoms with Gasteiger partial charge in [0.25, 0.3) is 5.69 Å². The average Bonchev–Trinajstić information content (AvgIpc) is 2.91. The second-order valence-electron chi connectivity index (χ2n) is 6.93. The zero-order valence-corrected chi connectivity index (χ0v) is 13.5. The van der Waals surface area contributed by atoms with Gasteiger partial charge < -0.3 is 4.90 Å². The lowest BCUT2D eigenvalue weighted by Gasteiger charge is -2.40. The highest BCUT2D eigenvalue weighted by molar-refractivity contribution is 5.73. The number of piperidine rings is 1. The Morgan fingerprint density at radius 1 is 1.30 bits per heavy atom. The number of nitro groups is 1. The minimum Gasteiger partial charge on any atom is -0.342 e. The van der Waals surface area contributed by atoms with Crippen LogP contribution in [0.2, 0.25) is 0 Å². The molecular formula is C17H23N3O3. The number of benzene rings is 1. The second-order valence-corrected chi connectivity index (χ2v) is 6.93. The maximum atomic E-state index is 11.6. The number of amides is 1. The summed E-state index contributed by atoms with van der Waals surface area (Å²) in [6, 6.07) is 6.89. The molecule has 2 fully saturated rings. The van der Waals surface area contributed by atoms with Gasteiger partial charge in [-0.05, 0) is 31.4 Å². The van der Waals surface area contributed by atoms with E-state index >= 15 is 0 Å². The van der Waals surface area contributed by atoms with E-state index < -0.39 is 0 Å².